The van der Waals surface area contributed by atoms with E-state index in [4.69, 9.17) is 9.47 Å². The number of ether oxygens (including phenoxy) is 2. The first-order valence-corrected chi connectivity index (χ1v) is 7.93. The van der Waals surface area contributed by atoms with Gasteiger partial charge in [-0.1, -0.05) is 19.3 Å². The van der Waals surface area contributed by atoms with Gasteiger partial charge in [0, 0.05) is 13.7 Å². The van der Waals surface area contributed by atoms with Crippen molar-refractivity contribution in [2.45, 2.75) is 56.7 Å². The number of rotatable bonds is 6. The highest BCUT2D eigenvalue weighted by Gasteiger charge is 2.39. The summed E-state index contributed by atoms with van der Waals surface area (Å²) in [6.45, 7) is 2.85. The van der Waals surface area contributed by atoms with Gasteiger partial charge in [0.1, 0.15) is 5.60 Å². The Hall–Kier alpha value is -0.360. The second-order valence-electron chi connectivity index (χ2n) is 5.84. The van der Waals surface area contributed by atoms with Gasteiger partial charge in [-0.05, 0) is 38.8 Å². The van der Waals surface area contributed by atoms with Crippen LogP contribution in [0, 0.1) is 0 Å². The van der Waals surface area contributed by atoms with E-state index in [2.05, 4.69) is 10.6 Å². The van der Waals surface area contributed by atoms with E-state index in [0.717, 1.165) is 25.9 Å². The van der Waals surface area contributed by atoms with Gasteiger partial charge in [0.25, 0.3) is 5.91 Å². The Morgan fingerprint density at radius 2 is 1.90 bits per heavy atom. The largest absolute Gasteiger partial charge is 0.376 e. The predicted octanol–water partition coefficient (Wildman–Crippen LogP) is 1.64. The number of halogens is 1. The summed E-state index contributed by atoms with van der Waals surface area (Å²) in [6, 6.07) is 0. The van der Waals surface area contributed by atoms with Crippen molar-refractivity contribution in [3.63, 3.8) is 0 Å². The van der Waals surface area contributed by atoms with E-state index >= 15 is 0 Å². The minimum atomic E-state index is -0.643. The summed E-state index contributed by atoms with van der Waals surface area (Å²) in [7, 11) is 1.63. The standard InChI is InChI=1S/C15H28N2O3.ClH/c1-19-15(7-9-16-10-8-15)14(18)17-11-12-20-13-5-3-2-4-6-13;/h13,16H,2-12H2,1H3,(H,17,18);1H. The summed E-state index contributed by atoms with van der Waals surface area (Å²) in [5.41, 5.74) is -0.643. The highest BCUT2D eigenvalue weighted by molar-refractivity contribution is 5.85. The van der Waals surface area contributed by atoms with Gasteiger partial charge in [-0.2, -0.15) is 0 Å². The topological polar surface area (TPSA) is 59.6 Å². The minimum Gasteiger partial charge on any atom is -0.376 e. The minimum absolute atomic E-state index is 0. The van der Waals surface area contributed by atoms with E-state index in [9.17, 15) is 4.79 Å². The fourth-order valence-corrected chi connectivity index (χ4v) is 3.14. The van der Waals surface area contributed by atoms with Crippen molar-refractivity contribution in [1.29, 1.82) is 0 Å². The molecular weight excluding hydrogens is 292 g/mol. The Labute approximate surface area is 133 Å². The van der Waals surface area contributed by atoms with Gasteiger partial charge in [-0.3, -0.25) is 4.79 Å². The van der Waals surface area contributed by atoms with E-state index in [-0.39, 0.29) is 18.3 Å². The first-order chi connectivity index (χ1) is 9.77. The Morgan fingerprint density at radius 3 is 2.52 bits per heavy atom. The molecule has 1 aliphatic carbocycles. The summed E-state index contributed by atoms with van der Waals surface area (Å²) < 4.78 is 11.3. The second kappa shape index (κ2) is 9.62. The molecule has 0 atom stereocenters. The number of methoxy groups -OCH3 is 1. The van der Waals surface area contributed by atoms with Gasteiger partial charge in [0.05, 0.1) is 12.7 Å². The smallest absolute Gasteiger partial charge is 0.252 e. The number of piperidine rings is 1. The lowest BCUT2D eigenvalue weighted by molar-refractivity contribution is -0.147. The predicted molar refractivity (Wildman–Crippen MR) is 84.9 cm³/mol. The fourth-order valence-electron chi connectivity index (χ4n) is 3.14. The fraction of sp³-hybridized carbons (Fsp3) is 0.933. The highest BCUT2D eigenvalue weighted by Crippen LogP contribution is 2.22. The van der Waals surface area contributed by atoms with Crippen molar-refractivity contribution >= 4 is 18.3 Å². The summed E-state index contributed by atoms with van der Waals surface area (Å²) in [4.78, 5) is 12.3. The van der Waals surface area contributed by atoms with Crippen LogP contribution >= 0.6 is 12.4 Å². The Kier molecular flexibility index (Phi) is 8.56. The molecule has 124 valence electrons. The SMILES string of the molecule is COC1(C(=O)NCCOC2CCCCC2)CCNCC1.Cl. The molecule has 1 saturated carbocycles. The van der Waals surface area contributed by atoms with E-state index in [0.29, 0.717) is 19.3 Å². The molecule has 2 rings (SSSR count). The second-order valence-corrected chi connectivity index (χ2v) is 5.84. The zero-order valence-corrected chi connectivity index (χ0v) is 13.8. The number of carbonyl (C=O) groups excluding carboxylic acids is 1. The maximum absolute atomic E-state index is 12.3. The van der Waals surface area contributed by atoms with Crippen molar-refractivity contribution < 1.29 is 14.3 Å². The van der Waals surface area contributed by atoms with Crippen molar-refractivity contribution in [3.8, 4) is 0 Å². The summed E-state index contributed by atoms with van der Waals surface area (Å²) >= 11 is 0. The first kappa shape index (κ1) is 18.7. The molecule has 0 unspecified atom stereocenters. The third-order valence-electron chi connectivity index (χ3n) is 4.51. The molecule has 1 saturated heterocycles. The zero-order chi connectivity index (χ0) is 14.3. The van der Waals surface area contributed by atoms with Crippen molar-refractivity contribution in [1.82, 2.24) is 10.6 Å². The summed E-state index contributed by atoms with van der Waals surface area (Å²) in [6.07, 6.45) is 8.09. The normalized spacial score (nSPS) is 22.3. The number of nitrogens with one attached hydrogen (secondary N) is 2. The van der Waals surface area contributed by atoms with Crippen molar-refractivity contribution in [2.75, 3.05) is 33.4 Å². The number of hydrogen-bond donors (Lipinski definition) is 2. The third-order valence-corrected chi connectivity index (χ3v) is 4.51. The molecular formula is C15H29ClN2O3. The molecule has 2 aliphatic rings. The number of amides is 1. The Balaban J connectivity index is 0.00000220. The molecule has 0 aromatic rings. The average Bonchev–Trinajstić information content (AvgIpc) is 2.53. The van der Waals surface area contributed by atoms with E-state index in [1.54, 1.807) is 7.11 Å². The van der Waals surface area contributed by atoms with Gasteiger partial charge in [-0.15, -0.1) is 12.4 Å². The monoisotopic (exact) mass is 320 g/mol. The lowest BCUT2D eigenvalue weighted by Gasteiger charge is -2.34. The highest BCUT2D eigenvalue weighted by atomic mass is 35.5. The number of carbonyl (C=O) groups is 1. The van der Waals surface area contributed by atoms with E-state index in [1.165, 1.54) is 32.1 Å². The van der Waals surface area contributed by atoms with Crippen LogP contribution in [0.1, 0.15) is 44.9 Å². The quantitative estimate of drug-likeness (QED) is 0.731. The molecule has 1 aliphatic heterocycles. The summed E-state index contributed by atoms with van der Waals surface area (Å²) in [5, 5.41) is 6.22. The molecule has 1 amide bonds. The van der Waals surface area contributed by atoms with Gasteiger partial charge in [-0.25, -0.2) is 0 Å². The molecule has 2 N–H and O–H groups in total. The summed E-state index contributed by atoms with van der Waals surface area (Å²) in [5.74, 6) is 0.00810. The third kappa shape index (κ3) is 5.40. The van der Waals surface area contributed by atoms with Gasteiger partial charge in [0.15, 0.2) is 0 Å². The molecule has 1 heterocycles. The van der Waals surface area contributed by atoms with Gasteiger partial charge >= 0.3 is 0 Å². The maximum Gasteiger partial charge on any atom is 0.252 e. The Morgan fingerprint density at radius 1 is 1.24 bits per heavy atom. The van der Waals surface area contributed by atoms with E-state index < -0.39 is 5.60 Å². The van der Waals surface area contributed by atoms with Crippen LogP contribution < -0.4 is 10.6 Å². The van der Waals surface area contributed by atoms with E-state index in [1.807, 2.05) is 0 Å². The molecule has 0 radical (unpaired) electrons. The van der Waals surface area contributed by atoms with Crippen LogP contribution in [0.25, 0.3) is 0 Å². The maximum atomic E-state index is 12.3. The van der Waals surface area contributed by atoms with Crippen LogP contribution in [-0.2, 0) is 14.3 Å². The van der Waals surface area contributed by atoms with Crippen LogP contribution in [0.2, 0.25) is 0 Å². The molecule has 21 heavy (non-hydrogen) atoms. The van der Waals surface area contributed by atoms with Crippen molar-refractivity contribution in [3.05, 3.63) is 0 Å². The molecule has 5 nitrogen and oxygen atoms in total. The van der Waals surface area contributed by atoms with Crippen LogP contribution in [0.4, 0.5) is 0 Å². The van der Waals surface area contributed by atoms with Gasteiger partial charge < -0.3 is 20.1 Å². The van der Waals surface area contributed by atoms with Crippen LogP contribution in [0.15, 0.2) is 0 Å². The molecule has 0 aromatic heterocycles. The van der Waals surface area contributed by atoms with Gasteiger partial charge in [0.2, 0.25) is 0 Å². The van der Waals surface area contributed by atoms with Crippen molar-refractivity contribution in [2.24, 2.45) is 0 Å². The molecule has 2 fully saturated rings. The van der Waals surface area contributed by atoms with Crippen LogP contribution in [0.3, 0.4) is 0 Å². The van der Waals surface area contributed by atoms with Crippen LogP contribution in [0.5, 0.6) is 0 Å². The first-order valence-electron chi connectivity index (χ1n) is 7.93. The Bertz CT molecular complexity index is 303. The number of hydrogen-bond acceptors (Lipinski definition) is 4. The average molecular weight is 321 g/mol. The lowest BCUT2D eigenvalue weighted by Crippen LogP contribution is -2.54. The zero-order valence-electron chi connectivity index (χ0n) is 13.0. The molecule has 0 bridgehead atoms. The van der Waals surface area contributed by atoms with Crippen LogP contribution in [-0.4, -0.2) is 51.0 Å². The molecule has 6 heteroatoms. The lowest BCUT2D eigenvalue weighted by atomic mass is 9.91. The molecule has 0 aromatic carbocycles. The molecule has 0 spiro atoms.